The molecule has 1 amide bonds. The number of nitrogens with zero attached hydrogens (tertiary/aromatic N) is 3. The second-order valence-electron chi connectivity index (χ2n) is 4.29. The van der Waals surface area contributed by atoms with Crippen LogP contribution in [-0.2, 0) is 4.79 Å². The lowest BCUT2D eigenvalue weighted by Gasteiger charge is -2.10. The number of nitrogen functional groups attached to an aromatic ring is 1. The van der Waals surface area contributed by atoms with Gasteiger partial charge in [-0.25, -0.2) is 4.68 Å². The molecule has 21 heavy (non-hydrogen) atoms. The summed E-state index contributed by atoms with van der Waals surface area (Å²) in [6.45, 7) is 1.88. The van der Waals surface area contributed by atoms with Gasteiger partial charge in [0.25, 0.3) is 0 Å². The van der Waals surface area contributed by atoms with Gasteiger partial charge in [0, 0.05) is 0 Å². The van der Waals surface area contributed by atoms with Gasteiger partial charge in [0.2, 0.25) is 11.1 Å². The topological polar surface area (TPSA) is 109 Å². The van der Waals surface area contributed by atoms with Gasteiger partial charge in [-0.15, -0.1) is 10.2 Å². The van der Waals surface area contributed by atoms with E-state index in [-0.39, 0.29) is 5.25 Å². The molecule has 1 atom stereocenters. The summed E-state index contributed by atoms with van der Waals surface area (Å²) in [6.07, 6.45) is 0.594. The van der Waals surface area contributed by atoms with Crippen molar-refractivity contribution in [2.24, 2.45) is 5.73 Å². The molecule has 4 N–H and O–H groups in total. The number of amides is 1. The normalized spacial score (nSPS) is 12.1. The van der Waals surface area contributed by atoms with Crippen molar-refractivity contribution in [3.63, 3.8) is 0 Å². The lowest BCUT2D eigenvalue weighted by atomic mass is 10.2. The lowest BCUT2D eigenvalue weighted by Crippen LogP contribution is -2.26. The number of hydrogen-bond acceptors (Lipinski definition) is 6. The zero-order chi connectivity index (χ0) is 15.4. The Hall–Kier alpha value is -2.22. The van der Waals surface area contributed by atoms with Crippen molar-refractivity contribution in [1.29, 1.82) is 0 Å². The first-order valence-corrected chi connectivity index (χ1v) is 7.26. The number of carbonyl (C=O) groups excluding carboxylic acids is 1. The van der Waals surface area contributed by atoms with Crippen LogP contribution in [0.15, 0.2) is 29.4 Å². The minimum Gasteiger partial charge on any atom is -0.496 e. The molecule has 0 saturated carbocycles. The molecule has 112 valence electrons. The van der Waals surface area contributed by atoms with Crippen molar-refractivity contribution >= 4 is 17.7 Å². The third-order valence-corrected chi connectivity index (χ3v) is 4.29. The molecule has 1 unspecified atom stereocenters. The zero-order valence-corrected chi connectivity index (χ0v) is 12.6. The van der Waals surface area contributed by atoms with Crippen LogP contribution < -0.4 is 16.3 Å². The van der Waals surface area contributed by atoms with Crippen LogP contribution in [0.4, 0.5) is 0 Å². The van der Waals surface area contributed by atoms with Gasteiger partial charge >= 0.3 is 0 Å². The maximum Gasteiger partial charge on any atom is 0.231 e. The number of hydrogen-bond donors (Lipinski definition) is 2. The minimum absolute atomic E-state index is 0.387. The van der Waals surface area contributed by atoms with Gasteiger partial charge in [0.1, 0.15) is 5.75 Å². The van der Waals surface area contributed by atoms with Gasteiger partial charge in [-0.05, 0) is 18.6 Å². The number of carbonyl (C=O) groups is 1. The number of aromatic nitrogens is 3. The van der Waals surface area contributed by atoms with Crippen LogP contribution in [0.2, 0.25) is 0 Å². The predicted octanol–water partition coefficient (Wildman–Crippen LogP) is 1.02. The monoisotopic (exact) mass is 307 g/mol. The zero-order valence-electron chi connectivity index (χ0n) is 11.8. The first kappa shape index (κ1) is 15.2. The molecular formula is C13H17N5O2S. The van der Waals surface area contributed by atoms with Crippen LogP contribution >= 0.6 is 11.8 Å². The second-order valence-corrected chi connectivity index (χ2v) is 5.46. The van der Waals surface area contributed by atoms with E-state index in [4.69, 9.17) is 16.3 Å². The van der Waals surface area contributed by atoms with Crippen LogP contribution in [0.1, 0.15) is 13.3 Å². The van der Waals surface area contributed by atoms with E-state index in [1.54, 1.807) is 7.11 Å². The Morgan fingerprint density at radius 3 is 2.76 bits per heavy atom. The Labute approximate surface area is 126 Å². The van der Waals surface area contributed by atoms with Gasteiger partial charge in [-0.1, -0.05) is 30.8 Å². The van der Waals surface area contributed by atoms with E-state index in [1.807, 2.05) is 31.2 Å². The molecule has 0 bridgehead atoms. The molecule has 7 nitrogen and oxygen atoms in total. The smallest absolute Gasteiger partial charge is 0.231 e. The van der Waals surface area contributed by atoms with Gasteiger partial charge in [-0.3, -0.25) is 4.79 Å². The highest BCUT2D eigenvalue weighted by molar-refractivity contribution is 8.00. The standard InChI is InChI=1S/C13H17N5O2S/c1-3-10(11(14)19)21-13-17-16-12(18(13)15)8-6-4-5-7-9(8)20-2/h4-7,10H,3,15H2,1-2H3,(H2,14,19). The quantitative estimate of drug-likeness (QED) is 0.609. The number of rotatable bonds is 6. The third-order valence-electron chi connectivity index (χ3n) is 2.95. The van der Waals surface area contributed by atoms with Gasteiger partial charge in [-0.2, -0.15) is 0 Å². The number of thioether (sulfide) groups is 1. The largest absolute Gasteiger partial charge is 0.496 e. The van der Waals surface area contributed by atoms with E-state index in [2.05, 4.69) is 10.2 Å². The van der Waals surface area contributed by atoms with Crippen molar-refractivity contribution in [2.75, 3.05) is 13.0 Å². The van der Waals surface area contributed by atoms with E-state index in [0.29, 0.717) is 23.2 Å². The summed E-state index contributed by atoms with van der Waals surface area (Å²) in [5.41, 5.74) is 6.06. The molecule has 1 aromatic heterocycles. The fourth-order valence-electron chi connectivity index (χ4n) is 1.84. The van der Waals surface area contributed by atoms with E-state index in [1.165, 1.54) is 16.4 Å². The molecule has 1 aromatic carbocycles. The number of nitrogens with two attached hydrogens (primary N) is 2. The van der Waals surface area contributed by atoms with Crippen molar-refractivity contribution in [3.05, 3.63) is 24.3 Å². The van der Waals surface area contributed by atoms with Crippen LogP contribution in [-0.4, -0.2) is 33.1 Å². The van der Waals surface area contributed by atoms with Crippen molar-refractivity contribution in [2.45, 2.75) is 23.8 Å². The number of benzene rings is 1. The van der Waals surface area contributed by atoms with E-state index in [0.717, 1.165) is 5.56 Å². The summed E-state index contributed by atoms with van der Waals surface area (Å²) in [6, 6.07) is 7.37. The minimum atomic E-state index is -0.399. The van der Waals surface area contributed by atoms with Crippen molar-refractivity contribution in [1.82, 2.24) is 14.9 Å². The Morgan fingerprint density at radius 1 is 1.43 bits per heavy atom. The summed E-state index contributed by atoms with van der Waals surface area (Å²) in [7, 11) is 1.58. The van der Waals surface area contributed by atoms with E-state index in [9.17, 15) is 4.79 Å². The molecule has 2 aromatic rings. The second kappa shape index (κ2) is 6.49. The highest BCUT2D eigenvalue weighted by Crippen LogP contribution is 2.30. The SMILES string of the molecule is CCC(Sc1nnc(-c2ccccc2OC)n1N)C(N)=O. The molecule has 0 saturated heterocycles. The number of methoxy groups -OCH3 is 1. The summed E-state index contributed by atoms with van der Waals surface area (Å²) < 4.78 is 6.63. The lowest BCUT2D eigenvalue weighted by molar-refractivity contribution is -0.117. The summed E-state index contributed by atoms with van der Waals surface area (Å²) in [5.74, 6) is 6.74. The van der Waals surface area contributed by atoms with Crippen LogP contribution in [0, 0.1) is 0 Å². The molecule has 1 heterocycles. The fraction of sp³-hybridized carbons (Fsp3) is 0.308. The highest BCUT2D eigenvalue weighted by Gasteiger charge is 2.21. The van der Waals surface area contributed by atoms with E-state index >= 15 is 0 Å². The Kier molecular flexibility index (Phi) is 4.69. The van der Waals surface area contributed by atoms with Gasteiger partial charge < -0.3 is 16.3 Å². The van der Waals surface area contributed by atoms with E-state index < -0.39 is 5.91 Å². The molecule has 0 aliphatic rings. The van der Waals surface area contributed by atoms with Crippen LogP contribution in [0.25, 0.3) is 11.4 Å². The van der Waals surface area contributed by atoms with Gasteiger partial charge in [0.05, 0.1) is 17.9 Å². The molecule has 2 rings (SSSR count). The number of primary amides is 1. The predicted molar refractivity (Wildman–Crippen MR) is 81.3 cm³/mol. The third kappa shape index (κ3) is 3.10. The Balaban J connectivity index is 2.34. The molecule has 0 aliphatic carbocycles. The van der Waals surface area contributed by atoms with Crippen molar-refractivity contribution < 1.29 is 9.53 Å². The summed E-state index contributed by atoms with van der Waals surface area (Å²) in [5, 5.41) is 8.15. The first-order chi connectivity index (χ1) is 10.1. The molecule has 0 radical (unpaired) electrons. The first-order valence-electron chi connectivity index (χ1n) is 6.38. The molecule has 8 heteroatoms. The maximum absolute atomic E-state index is 11.3. The van der Waals surface area contributed by atoms with Crippen molar-refractivity contribution in [3.8, 4) is 17.1 Å². The highest BCUT2D eigenvalue weighted by atomic mass is 32.2. The fourth-order valence-corrected chi connectivity index (χ4v) is 2.67. The Morgan fingerprint density at radius 2 is 2.14 bits per heavy atom. The summed E-state index contributed by atoms with van der Waals surface area (Å²) in [4.78, 5) is 11.3. The number of para-hydroxylation sites is 1. The molecular weight excluding hydrogens is 290 g/mol. The number of ether oxygens (including phenoxy) is 1. The average molecular weight is 307 g/mol. The van der Waals surface area contributed by atoms with Gasteiger partial charge in [0.15, 0.2) is 5.82 Å². The molecule has 0 spiro atoms. The maximum atomic E-state index is 11.3. The average Bonchev–Trinajstić information content (AvgIpc) is 2.85. The summed E-state index contributed by atoms with van der Waals surface area (Å²) >= 11 is 1.20. The van der Waals surface area contributed by atoms with Crippen LogP contribution in [0.5, 0.6) is 5.75 Å². The van der Waals surface area contributed by atoms with Crippen LogP contribution in [0.3, 0.4) is 0 Å². The molecule has 0 aliphatic heterocycles. The molecule has 0 fully saturated rings. The Bertz CT molecular complexity index is 643.